The number of hydrogen-bond donors (Lipinski definition) is 1. The predicted molar refractivity (Wildman–Crippen MR) is 100 cm³/mol. The maximum atomic E-state index is 12.3. The first-order chi connectivity index (χ1) is 13.1. The Morgan fingerprint density at radius 2 is 1.81 bits per heavy atom. The second-order valence-electron chi connectivity index (χ2n) is 6.52. The first-order valence-electron chi connectivity index (χ1n) is 8.81. The van der Waals surface area contributed by atoms with E-state index in [0.717, 1.165) is 22.4 Å². The molecule has 0 saturated carbocycles. The van der Waals surface area contributed by atoms with Crippen LogP contribution in [-0.4, -0.2) is 24.3 Å². The zero-order valence-electron chi connectivity index (χ0n) is 15.2. The molecule has 3 aromatic rings. The highest BCUT2D eigenvalue weighted by Gasteiger charge is 2.15. The fourth-order valence-corrected chi connectivity index (χ4v) is 2.88. The molecule has 0 atom stereocenters. The van der Waals surface area contributed by atoms with Crippen LogP contribution in [0, 0.1) is 13.8 Å². The smallest absolute Gasteiger partial charge is 0.251 e. The van der Waals surface area contributed by atoms with E-state index >= 15 is 0 Å². The van der Waals surface area contributed by atoms with Crippen LogP contribution in [0.25, 0.3) is 11.3 Å². The lowest BCUT2D eigenvalue weighted by Crippen LogP contribution is -2.23. The summed E-state index contributed by atoms with van der Waals surface area (Å²) in [6.07, 6.45) is 0. The number of nitrogens with zero attached hydrogens (tertiary/aromatic N) is 1. The summed E-state index contributed by atoms with van der Waals surface area (Å²) in [5, 5.41) is 6.91. The summed E-state index contributed by atoms with van der Waals surface area (Å²) < 4.78 is 16.5. The van der Waals surface area contributed by atoms with E-state index < -0.39 is 0 Å². The molecule has 1 aliphatic heterocycles. The molecule has 6 heteroatoms. The first-order valence-corrected chi connectivity index (χ1v) is 8.81. The summed E-state index contributed by atoms with van der Waals surface area (Å²) in [5.74, 6) is 1.90. The number of nitrogens with one attached hydrogen (secondary N) is 1. The largest absolute Gasteiger partial charge is 0.486 e. The van der Waals surface area contributed by atoms with E-state index in [-0.39, 0.29) is 5.91 Å². The van der Waals surface area contributed by atoms with Gasteiger partial charge in [-0.15, -0.1) is 0 Å². The Balaban J connectivity index is 1.43. The molecule has 1 aromatic heterocycles. The van der Waals surface area contributed by atoms with Crippen LogP contribution >= 0.6 is 0 Å². The molecule has 0 saturated heterocycles. The fraction of sp³-hybridized carbons (Fsp3) is 0.238. The van der Waals surface area contributed by atoms with Gasteiger partial charge in [0.1, 0.15) is 18.9 Å². The number of rotatable bonds is 4. The number of amides is 1. The number of benzene rings is 2. The SMILES string of the molecule is Cc1ccc(C(=O)NCc2cc(-c3ccc4c(c3)OCCO4)on2)cc1C. The Morgan fingerprint density at radius 3 is 2.63 bits per heavy atom. The average Bonchev–Trinajstić information content (AvgIpc) is 3.17. The van der Waals surface area contributed by atoms with Crippen LogP contribution in [0.4, 0.5) is 0 Å². The molecule has 6 nitrogen and oxygen atoms in total. The van der Waals surface area contributed by atoms with Crippen molar-refractivity contribution in [2.24, 2.45) is 0 Å². The van der Waals surface area contributed by atoms with Gasteiger partial charge < -0.3 is 19.3 Å². The summed E-state index contributed by atoms with van der Waals surface area (Å²) >= 11 is 0. The molecule has 2 aromatic carbocycles. The van der Waals surface area contributed by atoms with Gasteiger partial charge in [-0.2, -0.15) is 0 Å². The molecule has 1 amide bonds. The molecule has 0 aliphatic carbocycles. The lowest BCUT2D eigenvalue weighted by Gasteiger charge is -2.18. The van der Waals surface area contributed by atoms with Crippen LogP contribution in [0.5, 0.6) is 11.5 Å². The van der Waals surface area contributed by atoms with E-state index in [2.05, 4.69) is 10.5 Å². The number of hydrogen-bond acceptors (Lipinski definition) is 5. The number of aromatic nitrogens is 1. The lowest BCUT2D eigenvalue weighted by atomic mass is 10.1. The Bertz CT molecular complexity index is 994. The normalized spacial score (nSPS) is 12.7. The monoisotopic (exact) mass is 364 g/mol. The summed E-state index contributed by atoms with van der Waals surface area (Å²) in [7, 11) is 0. The molecule has 0 unspecified atom stereocenters. The van der Waals surface area contributed by atoms with Gasteiger partial charge in [0, 0.05) is 17.2 Å². The van der Waals surface area contributed by atoms with E-state index in [1.54, 1.807) is 0 Å². The summed E-state index contributed by atoms with van der Waals surface area (Å²) in [6.45, 7) is 5.39. The quantitative estimate of drug-likeness (QED) is 0.765. The van der Waals surface area contributed by atoms with Crippen molar-refractivity contribution >= 4 is 5.91 Å². The second-order valence-corrected chi connectivity index (χ2v) is 6.52. The zero-order chi connectivity index (χ0) is 18.8. The minimum absolute atomic E-state index is 0.137. The van der Waals surface area contributed by atoms with Crippen molar-refractivity contribution in [3.05, 3.63) is 64.8 Å². The molecule has 1 N–H and O–H groups in total. The second kappa shape index (κ2) is 7.15. The predicted octanol–water partition coefficient (Wildman–Crippen LogP) is 3.66. The van der Waals surface area contributed by atoms with Crippen molar-refractivity contribution in [3.63, 3.8) is 0 Å². The molecule has 4 rings (SSSR count). The van der Waals surface area contributed by atoms with Crippen molar-refractivity contribution in [2.75, 3.05) is 13.2 Å². The van der Waals surface area contributed by atoms with Crippen LogP contribution in [0.3, 0.4) is 0 Å². The van der Waals surface area contributed by atoms with Crippen LogP contribution in [0.15, 0.2) is 47.0 Å². The van der Waals surface area contributed by atoms with E-state index in [9.17, 15) is 4.79 Å². The van der Waals surface area contributed by atoms with Crippen molar-refractivity contribution in [3.8, 4) is 22.8 Å². The van der Waals surface area contributed by atoms with Crippen LogP contribution in [0.2, 0.25) is 0 Å². The highest BCUT2D eigenvalue weighted by Crippen LogP contribution is 2.34. The van der Waals surface area contributed by atoms with E-state index in [4.69, 9.17) is 14.0 Å². The number of ether oxygens (including phenoxy) is 2. The number of fused-ring (bicyclic) bond motifs is 1. The standard InChI is InChI=1S/C21H20N2O4/c1-13-3-4-16(9-14(13)2)21(24)22-12-17-11-19(27-23-17)15-5-6-18-20(10-15)26-8-7-25-18/h3-6,9-11H,7-8,12H2,1-2H3,(H,22,24). The van der Waals surface area contributed by atoms with Crippen molar-refractivity contribution in [2.45, 2.75) is 20.4 Å². The van der Waals surface area contributed by atoms with E-state index in [1.165, 1.54) is 0 Å². The molecule has 0 spiro atoms. The minimum Gasteiger partial charge on any atom is -0.486 e. The molecule has 27 heavy (non-hydrogen) atoms. The number of carbonyl (C=O) groups is 1. The van der Waals surface area contributed by atoms with Gasteiger partial charge in [-0.3, -0.25) is 4.79 Å². The first kappa shape index (κ1) is 17.1. The van der Waals surface area contributed by atoms with Gasteiger partial charge >= 0.3 is 0 Å². The van der Waals surface area contributed by atoms with Crippen molar-refractivity contribution < 1.29 is 18.8 Å². The van der Waals surface area contributed by atoms with Crippen LogP contribution in [-0.2, 0) is 6.54 Å². The molecule has 0 bridgehead atoms. The number of aryl methyl sites for hydroxylation is 2. The third-order valence-corrected chi connectivity index (χ3v) is 4.58. The zero-order valence-corrected chi connectivity index (χ0v) is 15.2. The minimum atomic E-state index is -0.137. The van der Waals surface area contributed by atoms with Gasteiger partial charge in [0.15, 0.2) is 17.3 Å². The third kappa shape index (κ3) is 3.65. The van der Waals surface area contributed by atoms with E-state index in [0.29, 0.717) is 42.5 Å². The van der Waals surface area contributed by atoms with Crippen LogP contribution < -0.4 is 14.8 Å². The van der Waals surface area contributed by atoms with Gasteiger partial charge in [0.2, 0.25) is 0 Å². The van der Waals surface area contributed by atoms with Crippen molar-refractivity contribution in [1.29, 1.82) is 0 Å². The number of carbonyl (C=O) groups excluding carboxylic acids is 1. The fourth-order valence-electron chi connectivity index (χ4n) is 2.88. The molecule has 0 fully saturated rings. The lowest BCUT2D eigenvalue weighted by molar-refractivity contribution is 0.0950. The van der Waals surface area contributed by atoms with Gasteiger partial charge in [-0.1, -0.05) is 11.2 Å². The maximum absolute atomic E-state index is 12.3. The Labute approximate surface area is 157 Å². The highest BCUT2D eigenvalue weighted by molar-refractivity contribution is 5.94. The summed E-state index contributed by atoms with van der Waals surface area (Å²) in [6, 6.07) is 13.1. The van der Waals surface area contributed by atoms with Gasteiger partial charge in [0.25, 0.3) is 5.91 Å². The average molecular weight is 364 g/mol. The summed E-state index contributed by atoms with van der Waals surface area (Å²) in [4.78, 5) is 12.3. The Morgan fingerprint density at radius 1 is 1.00 bits per heavy atom. The summed E-state index contributed by atoms with van der Waals surface area (Å²) in [5.41, 5.74) is 4.38. The molecule has 2 heterocycles. The molecule has 0 radical (unpaired) electrons. The van der Waals surface area contributed by atoms with Crippen molar-refractivity contribution in [1.82, 2.24) is 10.5 Å². The molecular formula is C21H20N2O4. The molecular weight excluding hydrogens is 344 g/mol. The maximum Gasteiger partial charge on any atom is 0.251 e. The van der Waals surface area contributed by atoms with Gasteiger partial charge in [0.05, 0.1) is 6.54 Å². The van der Waals surface area contributed by atoms with Crippen LogP contribution in [0.1, 0.15) is 27.2 Å². The molecule has 1 aliphatic rings. The Kier molecular flexibility index (Phi) is 4.54. The van der Waals surface area contributed by atoms with E-state index in [1.807, 2.05) is 56.3 Å². The van der Waals surface area contributed by atoms with Gasteiger partial charge in [-0.05, 0) is 55.3 Å². The topological polar surface area (TPSA) is 73.6 Å². The highest BCUT2D eigenvalue weighted by atomic mass is 16.6. The Hall–Kier alpha value is -3.28. The van der Waals surface area contributed by atoms with Gasteiger partial charge in [-0.25, -0.2) is 0 Å². The molecule has 138 valence electrons. The third-order valence-electron chi connectivity index (χ3n) is 4.58.